The monoisotopic (exact) mass is 441 g/mol. The third-order valence-corrected chi connectivity index (χ3v) is 5.52. The smallest absolute Gasteiger partial charge is 0.350 e. The van der Waals surface area contributed by atoms with Crippen molar-refractivity contribution in [2.24, 2.45) is 0 Å². The van der Waals surface area contributed by atoms with Crippen LogP contribution in [0.1, 0.15) is 51.7 Å². The summed E-state index contributed by atoms with van der Waals surface area (Å²) in [7, 11) is 0. The molecular formula is C22H23N3O5S. The van der Waals surface area contributed by atoms with Crippen molar-refractivity contribution in [3.05, 3.63) is 52.2 Å². The summed E-state index contributed by atoms with van der Waals surface area (Å²) >= 11 is 1.02. The van der Waals surface area contributed by atoms with Crippen molar-refractivity contribution < 1.29 is 23.9 Å². The lowest BCUT2D eigenvalue weighted by Gasteiger charge is -2.16. The predicted octanol–water partition coefficient (Wildman–Crippen LogP) is 4.06. The number of thiazole rings is 1. The number of ether oxygens (including phenoxy) is 2. The molecule has 0 bridgehead atoms. The van der Waals surface area contributed by atoms with Crippen molar-refractivity contribution in [3.63, 3.8) is 0 Å². The first-order valence-electron chi connectivity index (χ1n) is 9.86. The van der Waals surface area contributed by atoms with E-state index in [-0.39, 0.29) is 18.2 Å². The van der Waals surface area contributed by atoms with Crippen molar-refractivity contribution in [1.29, 1.82) is 0 Å². The van der Waals surface area contributed by atoms with Gasteiger partial charge in [0.15, 0.2) is 11.2 Å². The standard InChI is InChI=1S/C22H23N3O5S/c1-5-17(19(26)25-22-24-13(4)18(31-22)21(28)29-6-2)30-20(27)15-11-12(3)23-16-10-8-7-9-14(15)16/h7-11,17H,5-6H2,1-4H3,(H,24,25,26). The molecule has 3 rings (SSSR count). The number of anilines is 1. The molecule has 0 saturated heterocycles. The van der Waals surface area contributed by atoms with Gasteiger partial charge in [0.2, 0.25) is 0 Å². The Morgan fingerprint density at radius 2 is 1.84 bits per heavy atom. The second kappa shape index (κ2) is 9.65. The number of carbonyl (C=O) groups is 3. The van der Waals surface area contributed by atoms with E-state index in [9.17, 15) is 14.4 Å². The summed E-state index contributed by atoms with van der Waals surface area (Å²) in [4.78, 5) is 46.4. The van der Waals surface area contributed by atoms with Crippen LogP contribution in [0.15, 0.2) is 30.3 Å². The molecule has 8 nitrogen and oxygen atoms in total. The van der Waals surface area contributed by atoms with Gasteiger partial charge in [0.1, 0.15) is 4.88 Å². The number of carbonyl (C=O) groups excluding carboxylic acids is 3. The summed E-state index contributed by atoms with van der Waals surface area (Å²) in [5.74, 6) is -1.61. The van der Waals surface area contributed by atoms with E-state index in [1.807, 2.05) is 18.2 Å². The van der Waals surface area contributed by atoms with E-state index in [0.29, 0.717) is 32.7 Å². The van der Waals surface area contributed by atoms with Gasteiger partial charge in [-0.2, -0.15) is 0 Å². The molecule has 0 saturated carbocycles. The number of aryl methyl sites for hydroxylation is 2. The molecule has 0 aliphatic carbocycles. The number of amides is 1. The Morgan fingerprint density at radius 1 is 1.10 bits per heavy atom. The van der Waals surface area contributed by atoms with Crippen LogP contribution in [-0.2, 0) is 14.3 Å². The highest BCUT2D eigenvalue weighted by Gasteiger charge is 2.25. The Hall–Kier alpha value is -3.33. The summed E-state index contributed by atoms with van der Waals surface area (Å²) in [5.41, 5.74) is 2.16. The quantitative estimate of drug-likeness (QED) is 0.551. The van der Waals surface area contributed by atoms with Crippen LogP contribution in [0.4, 0.5) is 5.13 Å². The molecular weight excluding hydrogens is 418 g/mol. The Balaban J connectivity index is 1.76. The molecule has 0 aliphatic heterocycles. The summed E-state index contributed by atoms with van der Waals surface area (Å²) in [6.07, 6.45) is -0.746. The Kier molecular flexibility index (Phi) is 6.96. The van der Waals surface area contributed by atoms with Crippen LogP contribution >= 0.6 is 11.3 Å². The van der Waals surface area contributed by atoms with E-state index >= 15 is 0 Å². The third-order valence-electron chi connectivity index (χ3n) is 4.46. The van der Waals surface area contributed by atoms with Gasteiger partial charge in [0.05, 0.1) is 23.4 Å². The first-order valence-corrected chi connectivity index (χ1v) is 10.7. The number of fused-ring (bicyclic) bond motifs is 1. The van der Waals surface area contributed by atoms with Gasteiger partial charge in [-0.3, -0.25) is 15.1 Å². The van der Waals surface area contributed by atoms with Gasteiger partial charge in [0.25, 0.3) is 5.91 Å². The molecule has 0 radical (unpaired) electrons. The van der Waals surface area contributed by atoms with Crippen LogP contribution in [-0.4, -0.2) is 40.5 Å². The second-order valence-corrected chi connectivity index (χ2v) is 7.77. The average Bonchev–Trinajstić information content (AvgIpc) is 3.11. The minimum absolute atomic E-state index is 0.241. The summed E-state index contributed by atoms with van der Waals surface area (Å²) < 4.78 is 10.5. The number of nitrogens with zero attached hydrogens (tertiary/aromatic N) is 2. The number of hydrogen-bond acceptors (Lipinski definition) is 8. The largest absolute Gasteiger partial charge is 0.462 e. The zero-order valence-electron chi connectivity index (χ0n) is 17.7. The fraction of sp³-hybridized carbons (Fsp3) is 0.318. The van der Waals surface area contributed by atoms with Crippen molar-refractivity contribution in [2.45, 2.75) is 40.2 Å². The number of rotatable bonds is 7. The molecule has 31 heavy (non-hydrogen) atoms. The normalized spacial score (nSPS) is 11.7. The van der Waals surface area contributed by atoms with Crippen molar-refractivity contribution in [3.8, 4) is 0 Å². The van der Waals surface area contributed by atoms with Gasteiger partial charge in [-0.05, 0) is 39.3 Å². The van der Waals surface area contributed by atoms with Gasteiger partial charge in [0, 0.05) is 11.1 Å². The first kappa shape index (κ1) is 22.4. The van der Waals surface area contributed by atoms with Crippen molar-refractivity contribution >= 4 is 45.2 Å². The third kappa shape index (κ3) is 5.05. The number of hydrogen-bond donors (Lipinski definition) is 1. The molecule has 3 aromatic rings. The lowest BCUT2D eigenvalue weighted by molar-refractivity contribution is -0.124. The van der Waals surface area contributed by atoms with E-state index < -0.39 is 23.9 Å². The van der Waals surface area contributed by atoms with Gasteiger partial charge < -0.3 is 9.47 Å². The highest BCUT2D eigenvalue weighted by molar-refractivity contribution is 7.17. The van der Waals surface area contributed by atoms with E-state index in [1.54, 1.807) is 39.8 Å². The molecule has 0 fully saturated rings. The maximum atomic E-state index is 12.9. The highest BCUT2D eigenvalue weighted by Crippen LogP contribution is 2.24. The summed E-state index contributed by atoms with van der Waals surface area (Å²) in [5, 5.41) is 3.52. The van der Waals surface area contributed by atoms with Gasteiger partial charge in [-0.1, -0.05) is 36.5 Å². The van der Waals surface area contributed by atoms with E-state index in [1.165, 1.54) is 0 Å². The number of benzene rings is 1. The molecule has 2 aromatic heterocycles. The predicted molar refractivity (Wildman–Crippen MR) is 117 cm³/mol. The summed E-state index contributed by atoms with van der Waals surface area (Å²) in [6, 6.07) is 8.90. The van der Waals surface area contributed by atoms with Crippen LogP contribution in [0.5, 0.6) is 0 Å². The lowest BCUT2D eigenvalue weighted by atomic mass is 10.1. The number of pyridine rings is 1. The molecule has 9 heteroatoms. The van der Waals surface area contributed by atoms with Crippen molar-refractivity contribution in [1.82, 2.24) is 9.97 Å². The van der Waals surface area contributed by atoms with Crippen LogP contribution < -0.4 is 5.32 Å². The van der Waals surface area contributed by atoms with Gasteiger partial charge in [-0.15, -0.1) is 0 Å². The number of nitrogens with one attached hydrogen (secondary N) is 1. The highest BCUT2D eigenvalue weighted by atomic mass is 32.1. The molecule has 0 aliphatic rings. The minimum atomic E-state index is -1.02. The molecule has 0 spiro atoms. The van der Waals surface area contributed by atoms with E-state index in [4.69, 9.17) is 9.47 Å². The van der Waals surface area contributed by atoms with Gasteiger partial charge >= 0.3 is 11.9 Å². The molecule has 1 aromatic carbocycles. The second-order valence-electron chi connectivity index (χ2n) is 6.77. The summed E-state index contributed by atoms with van der Waals surface area (Å²) in [6.45, 7) is 7.15. The topological polar surface area (TPSA) is 107 Å². The number of para-hydroxylation sites is 1. The number of esters is 2. The maximum absolute atomic E-state index is 12.9. The average molecular weight is 442 g/mol. The van der Waals surface area contributed by atoms with Crippen LogP contribution in [0.3, 0.4) is 0 Å². The molecule has 1 amide bonds. The molecule has 2 heterocycles. The molecule has 1 atom stereocenters. The molecule has 1 unspecified atom stereocenters. The molecule has 1 N–H and O–H groups in total. The Labute approximate surface area is 183 Å². The zero-order chi connectivity index (χ0) is 22.5. The van der Waals surface area contributed by atoms with E-state index in [2.05, 4.69) is 15.3 Å². The van der Waals surface area contributed by atoms with Crippen LogP contribution in [0.2, 0.25) is 0 Å². The fourth-order valence-corrected chi connectivity index (χ4v) is 3.88. The van der Waals surface area contributed by atoms with Gasteiger partial charge in [-0.25, -0.2) is 14.6 Å². The van der Waals surface area contributed by atoms with E-state index in [0.717, 1.165) is 11.3 Å². The molecule has 162 valence electrons. The Morgan fingerprint density at radius 3 is 2.55 bits per heavy atom. The number of aromatic nitrogens is 2. The minimum Gasteiger partial charge on any atom is -0.462 e. The van der Waals surface area contributed by atoms with Crippen LogP contribution in [0, 0.1) is 13.8 Å². The van der Waals surface area contributed by atoms with Crippen molar-refractivity contribution in [2.75, 3.05) is 11.9 Å². The maximum Gasteiger partial charge on any atom is 0.350 e. The fourth-order valence-electron chi connectivity index (χ4n) is 3.01. The zero-order valence-corrected chi connectivity index (χ0v) is 18.5. The lowest BCUT2D eigenvalue weighted by Crippen LogP contribution is -2.32. The van der Waals surface area contributed by atoms with Crippen LogP contribution in [0.25, 0.3) is 10.9 Å². The SMILES string of the molecule is CCOC(=O)c1sc(NC(=O)C(CC)OC(=O)c2cc(C)nc3ccccc23)nc1C. The Bertz CT molecular complexity index is 1140. The first-order chi connectivity index (χ1) is 14.8.